The van der Waals surface area contributed by atoms with Crippen molar-refractivity contribution in [3.63, 3.8) is 0 Å². The second-order valence-electron chi connectivity index (χ2n) is 8.64. The van der Waals surface area contributed by atoms with E-state index in [1.54, 1.807) is 0 Å². The van der Waals surface area contributed by atoms with Crippen LogP contribution < -0.4 is 10.1 Å². The number of non-ortho nitro benzene ring substituents is 1. The predicted molar refractivity (Wildman–Crippen MR) is 134 cm³/mol. The number of carboxylic acid groups (broad SMARTS) is 1. The molecule has 10 nitrogen and oxygen atoms in total. The monoisotopic (exact) mass is 496 g/mol. The topological polar surface area (TPSA) is 151 Å². The average Bonchev–Trinajstić information content (AvgIpc) is 2.78. The highest BCUT2D eigenvalue weighted by molar-refractivity contribution is 7.93. The number of hydrazone groups is 1. The van der Waals surface area contributed by atoms with Crippen LogP contribution in [0.15, 0.2) is 76.7 Å². The number of anilines is 2. The second kappa shape index (κ2) is 9.94. The molecule has 182 valence electrons. The molecule has 35 heavy (non-hydrogen) atoms. The first-order valence-corrected chi connectivity index (χ1v) is 11.9. The molecule has 0 atom stereocenters. The van der Waals surface area contributed by atoms with E-state index in [1.165, 1.54) is 36.5 Å². The number of nitrogens with one attached hydrogen (secondary N) is 2. The maximum atomic E-state index is 13.1. The Balaban J connectivity index is 1.93. The molecule has 3 aromatic rings. The molecule has 0 aromatic heterocycles. The van der Waals surface area contributed by atoms with Crippen molar-refractivity contribution in [3.8, 4) is 0 Å². The Labute approximate surface area is 202 Å². The average molecular weight is 497 g/mol. The van der Waals surface area contributed by atoms with Gasteiger partial charge in [0.2, 0.25) is 0 Å². The molecule has 3 aromatic carbocycles. The first-order chi connectivity index (χ1) is 16.4. The fourth-order valence-electron chi connectivity index (χ4n) is 3.14. The number of carbonyl (C=O) groups is 1. The first kappa shape index (κ1) is 25.4. The van der Waals surface area contributed by atoms with Gasteiger partial charge in [0.1, 0.15) is 4.90 Å². The molecule has 0 fully saturated rings. The lowest BCUT2D eigenvalue weighted by Gasteiger charge is -2.18. The number of nitro groups is 1. The molecule has 0 radical (unpaired) electrons. The summed E-state index contributed by atoms with van der Waals surface area (Å²) in [5.74, 6) is -1.33. The van der Waals surface area contributed by atoms with Crippen LogP contribution in [0.5, 0.6) is 0 Å². The van der Waals surface area contributed by atoms with E-state index in [2.05, 4.69) is 36.0 Å². The van der Waals surface area contributed by atoms with Crippen molar-refractivity contribution in [1.29, 1.82) is 0 Å². The number of benzene rings is 3. The zero-order chi connectivity index (χ0) is 25.8. The lowest BCUT2D eigenvalue weighted by Crippen LogP contribution is -2.17. The minimum absolute atomic E-state index is 0.0117. The van der Waals surface area contributed by atoms with Gasteiger partial charge in [-0.1, -0.05) is 57.2 Å². The van der Waals surface area contributed by atoms with Gasteiger partial charge in [0.15, 0.2) is 0 Å². The molecule has 0 aliphatic heterocycles. The number of rotatable bonds is 8. The van der Waals surface area contributed by atoms with Crippen LogP contribution in [0.1, 0.15) is 42.3 Å². The van der Waals surface area contributed by atoms with Crippen molar-refractivity contribution in [2.45, 2.75) is 31.1 Å². The first-order valence-electron chi connectivity index (χ1n) is 10.4. The molecular formula is C24H24N4O6S. The van der Waals surface area contributed by atoms with E-state index in [4.69, 9.17) is 0 Å². The summed E-state index contributed by atoms with van der Waals surface area (Å²) in [5.41, 5.74) is 3.56. The maximum Gasteiger partial charge on any atom is 0.337 e. The van der Waals surface area contributed by atoms with Crippen molar-refractivity contribution >= 4 is 39.3 Å². The quantitative estimate of drug-likeness (QED) is 0.229. The molecule has 0 spiro atoms. The molecule has 0 unspecified atom stereocenters. The third-order valence-electron chi connectivity index (χ3n) is 5.04. The number of para-hydroxylation sites is 1. The van der Waals surface area contributed by atoms with E-state index in [0.717, 1.165) is 23.3 Å². The molecule has 0 aliphatic carbocycles. The van der Waals surface area contributed by atoms with Gasteiger partial charge in [0, 0.05) is 12.1 Å². The molecule has 11 heteroatoms. The highest BCUT2D eigenvalue weighted by Crippen LogP contribution is 2.29. The van der Waals surface area contributed by atoms with Crippen LogP contribution in [0.25, 0.3) is 0 Å². The Hall–Kier alpha value is -4.25. The number of hydrogen-bond donors (Lipinski definition) is 3. The van der Waals surface area contributed by atoms with Crippen molar-refractivity contribution < 1.29 is 23.2 Å². The van der Waals surface area contributed by atoms with E-state index in [9.17, 15) is 28.4 Å². The summed E-state index contributed by atoms with van der Waals surface area (Å²) in [6.45, 7) is 6.28. The molecule has 0 saturated carbocycles. The van der Waals surface area contributed by atoms with Crippen molar-refractivity contribution in [1.82, 2.24) is 0 Å². The van der Waals surface area contributed by atoms with E-state index < -0.39 is 31.5 Å². The molecule has 0 bridgehead atoms. The standard InChI is InChI=1S/C24H24N4O6S/c1-24(2,3)17-10-8-16(9-11-17)15-25-26-21-13-12-18(28(31)32)14-22(21)35(33,34)27-20-7-5-4-6-19(20)23(29)30/h4-15,26-27H,1-3H3,(H,29,30)/b25-15+. The number of hydrogen-bond acceptors (Lipinski definition) is 7. The van der Waals surface area contributed by atoms with Crippen molar-refractivity contribution in [2.75, 3.05) is 10.1 Å². The summed E-state index contributed by atoms with van der Waals surface area (Å²) in [6.07, 6.45) is 1.48. The van der Waals surface area contributed by atoms with Gasteiger partial charge in [-0.25, -0.2) is 13.2 Å². The summed E-state index contributed by atoms with van der Waals surface area (Å²) < 4.78 is 28.4. The molecule has 0 aliphatic rings. The van der Waals surface area contributed by atoms with Crippen LogP contribution in [0.4, 0.5) is 17.1 Å². The summed E-state index contributed by atoms with van der Waals surface area (Å²) in [7, 11) is -4.43. The third kappa shape index (κ3) is 6.21. The van der Waals surface area contributed by atoms with Gasteiger partial charge in [-0.15, -0.1) is 0 Å². The molecule has 0 amide bonds. The Morgan fingerprint density at radius 2 is 1.69 bits per heavy atom. The summed E-state index contributed by atoms with van der Waals surface area (Å²) in [4.78, 5) is 21.5. The van der Waals surface area contributed by atoms with E-state index in [1.807, 2.05) is 24.3 Å². The van der Waals surface area contributed by atoms with Crippen LogP contribution in [-0.4, -0.2) is 30.6 Å². The van der Waals surface area contributed by atoms with E-state index in [-0.39, 0.29) is 22.4 Å². The summed E-state index contributed by atoms with van der Waals surface area (Å²) in [5, 5.41) is 24.7. The van der Waals surface area contributed by atoms with Crippen LogP contribution in [0.2, 0.25) is 0 Å². The Morgan fingerprint density at radius 1 is 1.03 bits per heavy atom. The van der Waals surface area contributed by atoms with Crippen LogP contribution in [0.3, 0.4) is 0 Å². The molecule has 0 saturated heterocycles. The fourth-order valence-corrected chi connectivity index (χ4v) is 4.40. The van der Waals surface area contributed by atoms with Crippen molar-refractivity contribution in [2.24, 2.45) is 5.10 Å². The van der Waals surface area contributed by atoms with E-state index in [0.29, 0.717) is 0 Å². The largest absolute Gasteiger partial charge is 0.478 e. The summed E-state index contributed by atoms with van der Waals surface area (Å²) in [6, 6.07) is 16.3. The predicted octanol–water partition coefficient (Wildman–Crippen LogP) is 4.84. The highest BCUT2D eigenvalue weighted by Gasteiger charge is 2.24. The van der Waals surface area contributed by atoms with E-state index >= 15 is 0 Å². The van der Waals surface area contributed by atoms with Crippen LogP contribution >= 0.6 is 0 Å². The minimum atomic E-state index is -4.43. The molecule has 3 rings (SSSR count). The highest BCUT2D eigenvalue weighted by atomic mass is 32.2. The number of nitrogens with zero attached hydrogens (tertiary/aromatic N) is 2. The van der Waals surface area contributed by atoms with Gasteiger partial charge in [0.05, 0.1) is 28.1 Å². The normalized spacial score (nSPS) is 11.9. The number of carboxylic acids is 1. The summed E-state index contributed by atoms with van der Waals surface area (Å²) >= 11 is 0. The van der Waals surface area contributed by atoms with Crippen LogP contribution in [-0.2, 0) is 15.4 Å². The Morgan fingerprint density at radius 3 is 2.29 bits per heavy atom. The minimum Gasteiger partial charge on any atom is -0.478 e. The molecule has 3 N–H and O–H groups in total. The maximum absolute atomic E-state index is 13.1. The Bertz CT molecular complexity index is 1390. The number of nitro benzene ring substituents is 1. The van der Waals surface area contributed by atoms with Gasteiger partial charge >= 0.3 is 5.97 Å². The number of aromatic carboxylic acids is 1. The lowest BCUT2D eigenvalue weighted by atomic mass is 9.87. The smallest absolute Gasteiger partial charge is 0.337 e. The zero-order valence-electron chi connectivity index (χ0n) is 19.2. The fraction of sp³-hybridized carbons (Fsp3) is 0.167. The van der Waals surface area contributed by atoms with Gasteiger partial charge in [-0.05, 0) is 34.7 Å². The third-order valence-corrected chi connectivity index (χ3v) is 6.45. The molecule has 0 heterocycles. The van der Waals surface area contributed by atoms with Gasteiger partial charge in [-0.2, -0.15) is 5.10 Å². The van der Waals surface area contributed by atoms with Gasteiger partial charge in [-0.3, -0.25) is 20.3 Å². The SMILES string of the molecule is CC(C)(C)c1ccc(/C=N/Nc2ccc([N+](=O)[O-])cc2S(=O)(=O)Nc2ccccc2C(=O)O)cc1. The number of sulfonamides is 1. The Kier molecular flexibility index (Phi) is 7.20. The van der Waals surface area contributed by atoms with Crippen molar-refractivity contribution in [3.05, 3.63) is 93.5 Å². The van der Waals surface area contributed by atoms with Crippen LogP contribution in [0, 0.1) is 10.1 Å². The van der Waals surface area contributed by atoms with Gasteiger partial charge < -0.3 is 5.11 Å². The zero-order valence-corrected chi connectivity index (χ0v) is 20.0. The second-order valence-corrected chi connectivity index (χ2v) is 10.3. The van der Waals surface area contributed by atoms with Gasteiger partial charge in [0.25, 0.3) is 15.7 Å². The molecular weight excluding hydrogens is 472 g/mol. The lowest BCUT2D eigenvalue weighted by molar-refractivity contribution is -0.385.